The van der Waals surface area contributed by atoms with Crippen LogP contribution >= 0.6 is 0 Å². The van der Waals surface area contributed by atoms with Gasteiger partial charge in [-0.25, -0.2) is 0 Å². The molecule has 4 heteroatoms. The lowest BCUT2D eigenvalue weighted by atomic mass is 10.0. The average Bonchev–Trinajstić information content (AvgIpc) is 3.04. The summed E-state index contributed by atoms with van der Waals surface area (Å²) in [5.74, 6) is 0.852. The molecule has 2 heterocycles. The van der Waals surface area contributed by atoms with Gasteiger partial charge in [-0.15, -0.1) is 0 Å². The third kappa shape index (κ3) is 3.00. The number of aryl methyl sites for hydroxylation is 1. The zero-order chi connectivity index (χ0) is 17.2. The quantitative estimate of drug-likeness (QED) is 0.791. The van der Waals surface area contributed by atoms with Crippen molar-refractivity contribution in [1.29, 1.82) is 0 Å². The van der Waals surface area contributed by atoms with Crippen molar-refractivity contribution in [1.82, 2.24) is 9.88 Å². The zero-order valence-corrected chi connectivity index (χ0v) is 14.4. The van der Waals surface area contributed by atoms with E-state index in [9.17, 15) is 4.79 Å². The zero-order valence-electron chi connectivity index (χ0n) is 14.4. The molecule has 3 aromatic rings. The van der Waals surface area contributed by atoms with Crippen molar-refractivity contribution >= 4 is 16.8 Å². The normalized spacial score (nSPS) is 13.7. The lowest BCUT2D eigenvalue weighted by molar-refractivity contribution is -0.134. The molecule has 0 saturated carbocycles. The molecule has 2 aromatic carbocycles. The second kappa shape index (κ2) is 6.63. The predicted octanol–water partition coefficient (Wildman–Crippen LogP) is 3.69. The first kappa shape index (κ1) is 15.8. The lowest BCUT2D eigenvalue weighted by Gasteiger charge is -2.27. The molecule has 0 unspecified atom stereocenters. The van der Waals surface area contributed by atoms with E-state index < -0.39 is 0 Å². The molecule has 4 rings (SSSR count). The van der Waals surface area contributed by atoms with Gasteiger partial charge in [0.1, 0.15) is 5.75 Å². The largest absolute Gasteiger partial charge is 0.483 e. The highest BCUT2D eigenvalue weighted by Gasteiger charge is 2.24. The number of aromatic amines is 1. The molecule has 25 heavy (non-hydrogen) atoms. The number of rotatable bonds is 4. The van der Waals surface area contributed by atoms with Gasteiger partial charge < -0.3 is 14.6 Å². The van der Waals surface area contributed by atoms with E-state index in [4.69, 9.17) is 4.74 Å². The second-order valence-electron chi connectivity index (χ2n) is 6.44. The maximum absolute atomic E-state index is 12.6. The minimum Gasteiger partial charge on any atom is -0.483 e. The maximum Gasteiger partial charge on any atom is 0.260 e. The number of ether oxygens (including phenoxy) is 1. The van der Waals surface area contributed by atoms with E-state index in [1.807, 2.05) is 41.3 Å². The Labute approximate surface area is 147 Å². The van der Waals surface area contributed by atoms with Gasteiger partial charge in [0, 0.05) is 41.7 Å². The highest BCUT2D eigenvalue weighted by molar-refractivity contribution is 5.86. The molecule has 0 saturated heterocycles. The van der Waals surface area contributed by atoms with Crippen LogP contribution in [-0.2, 0) is 24.2 Å². The molecule has 0 radical (unpaired) electrons. The fourth-order valence-corrected chi connectivity index (χ4v) is 3.55. The number of nitrogens with one attached hydrogen (secondary N) is 1. The summed E-state index contributed by atoms with van der Waals surface area (Å²) in [5.41, 5.74) is 4.77. The monoisotopic (exact) mass is 334 g/mol. The van der Waals surface area contributed by atoms with E-state index in [2.05, 4.69) is 24.0 Å². The van der Waals surface area contributed by atoms with E-state index in [1.165, 1.54) is 16.6 Å². The van der Waals surface area contributed by atoms with Crippen LogP contribution in [0.1, 0.15) is 23.7 Å². The number of nitrogens with zero attached hydrogens (tertiary/aromatic N) is 1. The van der Waals surface area contributed by atoms with E-state index in [1.54, 1.807) is 0 Å². The van der Waals surface area contributed by atoms with Crippen LogP contribution in [0, 0.1) is 0 Å². The summed E-state index contributed by atoms with van der Waals surface area (Å²) in [7, 11) is 0. The van der Waals surface area contributed by atoms with E-state index >= 15 is 0 Å². The van der Waals surface area contributed by atoms with Gasteiger partial charge in [-0.2, -0.15) is 0 Å². The third-order valence-corrected chi connectivity index (χ3v) is 4.94. The molecular formula is C21H22N2O2. The van der Waals surface area contributed by atoms with Gasteiger partial charge in [0.15, 0.2) is 6.61 Å². The number of para-hydroxylation sites is 2. The third-order valence-electron chi connectivity index (χ3n) is 4.94. The van der Waals surface area contributed by atoms with Crippen LogP contribution in [0.5, 0.6) is 5.75 Å². The van der Waals surface area contributed by atoms with Crippen LogP contribution in [0.25, 0.3) is 10.9 Å². The molecule has 0 bridgehead atoms. The molecular weight excluding hydrogens is 312 g/mol. The van der Waals surface area contributed by atoms with Crippen molar-refractivity contribution in [3.8, 4) is 5.75 Å². The van der Waals surface area contributed by atoms with Crippen molar-refractivity contribution < 1.29 is 9.53 Å². The van der Waals surface area contributed by atoms with Crippen molar-refractivity contribution in [2.75, 3.05) is 13.2 Å². The van der Waals surface area contributed by atoms with E-state index in [0.29, 0.717) is 6.54 Å². The number of aromatic nitrogens is 1. The molecule has 1 aliphatic heterocycles. The van der Waals surface area contributed by atoms with Crippen molar-refractivity contribution in [2.24, 2.45) is 0 Å². The number of H-pyrrole nitrogens is 1. The highest BCUT2D eigenvalue weighted by atomic mass is 16.5. The molecule has 0 atom stereocenters. The van der Waals surface area contributed by atoms with E-state index in [-0.39, 0.29) is 12.5 Å². The molecule has 1 N–H and O–H groups in total. The first-order valence-electron chi connectivity index (χ1n) is 8.83. The van der Waals surface area contributed by atoms with Crippen LogP contribution in [-0.4, -0.2) is 28.9 Å². The summed E-state index contributed by atoms with van der Waals surface area (Å²) in [5, 5.41) is 1.22. The van der Waals surface area contributed by atoms with Gasteiger partial charge in [0.05, 0.1) is 0 Å². The van der Waals surface area contributed by atoms with E-state index in [0.717, 1.165) is 36.2 Å². The number of amides is 1. The Morgan fingerprint density at radius 3 is 2.84 bits per heavy atom. The molecule has 1 aliphatic rings. The topological polar surface area (TPSA) is 45.3 Å². The Morgan fingerprint density at radius 1 is 1.16 bits per heavy atom. The van der Waals surface area contributed by atoms with Crippen LogP contribution in [0.2, 0.25) is 0 Å². The minimum atomic E-state index is 0.0434. The van der Waals surface area contributed by atoms with Crippen LogP contribution in [0.3, 0.4) is 0 Å². The molecule has 1 amide bonds. The van der Waals surface area contributed by atoms with Crippen molar-refractivity contribution in [3.63, 3.8) is 0 Å². The Kier molecular flexibility index (Phi) is 4.18. The molecule has 0 aliphatic carbocycles. The van der Waals surface area contributed by atoms with Crippen LogP contribution in [0.4, 0.5) is 0 Å². The summed E-state index contributed by atoms with van der Waals surface area (Å²) in [4.78, 5) is 18.0. The number of fused-ring (bicyclic) bond motifs is 3. The molecule has 1 aromatic heterocycles. The number of hydrogen-bond acceptors (Lipinski definition) is 2. The number of hydrogen-bond donors (Lipinski definition) is 1. The Hall–Kier alpha value is -2.75. The van der Waals surface area contributed by atoms with Gasteiger partial charge in [0.2, 0.25) is 0 Å². The number of carbonyl (C=O) groups excluding carboxylic acids is 1. The van der Waals surface area contributed by atoms with Gasteiger partial charge >= 0.3 is 0 Å². The van der Waals surface area contributed by atoms with Gasteiger partial charge in [-0.3, -0.25) is 4.79 Å². The summed E-state index contributed by atoms with van der Waals surface area (Å²) in [6, 6.07) is 16.2. The molecule has 0 spiro atoms. The van der Waals surface area contributed by atoms with Gasteiger partial charge in [-0.05, 0) is 24.1 Å². The second-order valence-corrected chi connectivity index (χ2v) is 6.44. The summed E-state index contributed by atoms with van der Waals surface area (Å²) >= 11 is 0. The highest BCUT2D eigenvalue weighted by Crippen LogP contribution is 2.27. The van der Waals surface area contributed by atoms with Crippen molar-refractivity contribution in [2.45, 2.75) is 26.3 Å². The summed E-state index contributed by atoms with van der Waals surface area (Å²) in [6.45, 7) is 3.57. The molecule has 0 fully saturated rings. The van der Waals surface area contributed by atoms with Gasteiger partial charge in [-0.1, -0.05) is 43.3 Å². The smallest absolute Gasteiger partial charge is 0.260 e. The fraction of sp³-hybridized carbons (Fsp3) is 0.286. The Morgan fingerprint density at radius 2 is 1.96 bits per heavy atom. The first-order chi connectivity index (χ1) is 12.3. The average molecular weight is 334 g/mol. The molecule has 4 nitrogen and oxygen atoms in total. The Balaban J connectivity index is 1.47. The minimum absolute atomic E-state index is 0.0434. The predicted molar refractivity (Wildman–Crippen MR) is 98.7 cm³/mol. The summed E-state index contributed by atoms with van der Waals surface area (Å²) in [6.07, 6.45) is 1.76. The summed E-state index contributed by atoms with van der Waals surface area (Å²) < 4.78 is 5.80. The maximum atomic E-state index is 12.6. The lowest BCUT2D eigenvalue weighted by Crippen LogP contribution is -2.38. The van der Waals surface area contributed by atoms with Crippen LogP contribution < -0.4 is 4.74 Å². The standard InChI is InChI=1S/C21H22N2O2/c1-2-15-7-3-6-10-20(15)25-14-21(24)23-12-11-19-17(13-23)16-8-4-5-9-18(16)22-19/h3-10,22H,2,11-14H2,1H3. The van der Waals surface area contributed by atoms with Crippen LogP contribution in [0.15, 0.2) is 48.5 Å². The number of benzene rings is 2. The fourth-order valence-electron chi connectivity index (χ4n) is 3.55. The molecule has 128 valence electrons. The first-order valence-corrected chi connectivity index (χ1v) is 8.83. The number of carbonyl (C=O) groups is 1. The Bertz CT molecular complexity index is 913. The van der Waals surface area contributed by atoms with Gasteiger partial charge in [0.25, 0.3) is 5.91 Å². The van der Waals surface area contributed by atoms with Crippen molar-refractivity contribution in [3.05, 3.63) is 65.4 Å². The SMILES string of the molecule is CCc1ccccc1OCC(=O)N1CCc2[nH]c3ccccc3c2C1.